The van der Waals surface area contributed by atoms with Crippen molar-refractivity contribution in [1.82, 2.24) is 4.89 Å². The summed E-state index contributed by atoms with van der Waals surface area (Å²) in [5, 5.41) is 0.0696. The summed E-state index contributed by atoms with van der Waals surface area (Å²) in [5.74, 6) is -0.789. The fraction of sp³-hybridized carbons (Fsp3) is 0.222. The van der Waals surface area contributed by atoms with E-state index in [0.29, 0.717) is 0 Å². The highest BCUT2D eigenvalue weighted by Crippen LogP contribution is 2.22. The third-order valence-electron chi connectivity index (χ3n) is 1.76. The van der Waals surface area contributed by atoms with Crippen molar-refractivity contribution in [3.8, 4) is 0 Å². The van der Waals surface area contributed by atoms with E-state index in [0.717, 1.165) is 5.56 Å². The Kier molecular flexibility index (Phi) is 4.47. The smallest absolute Gasteiger partial charge is 0.263 e. The number of carbonyl (C=O) groups excluding carboxylic acids is 1. The first-order valence-electron chi connectivity index (χ1n) is 4.51. The molecule has 0 aliphatic heterocycles. The van der Waals surface area contributed by atoms with Crippen molar-refractivity contribution in [1.29, 1.82) is 0 Å². The molecule has 8 heteroatoms. The van der Waals surface area contributed by atoms with Crippen LogP contribution in [0.3, 0.4) is 0 Å². The molecular formula is C9H11ClN2O4S. The number of hydrogen-bond acceptors (Lipinski definition) is 4. The van der Waals surface area contributed by atoms with Crippen molar-refractivity contribution in [3.63, 3.8) is 0 Å². The Morgan fingerprint density at radius 2 is 2.18 bits per heavy atom. The van der Waals surface area contributed by atoms with E-state index in [-0.39, 0.29) is 9.92 Å². The van der Waals surface area contributed by atoms with Crippen LogP contribution in [0.15, 0.2) is 23.1 Å². The average molecular weight is 279 g/mol. The van der Waals surface area contributed by atoms with E-state index < -0.39 is 22.5 Å². The lowest BCUT2D eigenvalue weighted by molar-refractivity contribution is -0.123. The zero-order valence-corrected chi connectivity index (χ0v) is 10.5. The second-order valence-corrected chi connectivity index (χ2v) is 5.30. The van der Waals surface area contributed by atoms with Gasteiger partial charge in [0.1, 0.15) is 11.5 Å². The molecule has 0 saturated carbocycles. The van der Waals surface area contributed by atoms with E-state index in [1.54, 1.807) is 17.9 Å². The van der Waals surface area contributed by atoms with Crippen LogP contribution in [0.1, 0.15) is 5.56 Å². The summed E-state index contributed by atoms with van der Waals surface area (Å²) in [5.41, 5.74) is 5.61. The number of benzene rings is 1. The molecule has 1 aromatic rings. The first-order chi connectivity index (χ1) is 7.83. The summed E-state index contributed by atoms with van der Waals surface area (Å²) in [7, 11) is -3.92. The summed E-state index contributed by atoms with van der Waals surface area (Å²) in [6.45, 7) is 1.22. The summed E-state index contributed by atoms with van der Waals surface area (Å²) in [6, 6.07) is 4.44. The summed E-state index contributed by atoms with van der Waals surface area (Å²) >= 11 is 5.79. The highest BCUT2D eigenvalue weighted by Gasteiger charge is 2.18. The molecule has 0 radical (unpaired) electrons. The Hall–Kier alpha value is -1.15. The summed E-state index contributed by atoms with van der Waals surface area (Å²) < 4.78 is 23.3. The molecule has 94 valence electrons. The standard InChI is InChI=1S/C9H11ClN2O4S/c1-6-2-3-8(7(10)4-6)17(14,15)12-16-5-9(11)13/h2-4,12H,5H2,1H3,(H2,11,13). The van der Waals surface area contributed by atoms with E-state index in [4.69, 9.17) is 17.3 Å². The monoisotopic (exact) mass is 278 g/mol. The summed E-state index contributed by atoms with van der Waals surface area (Å²) in [6.07, 6.45) is 0. The van der Waals surface area contributed by atoms with E-state index in [1.807, 2.05) is 0 Å². The maximum absolute atomic E-state index is 11.7. The van der Waals surface area contributed by atoms with Crippen LogP contribution >= 0.6 is 11.6 Å². The molecule has 17 heavy (non-hydrogen) atoms. The van der Waals surface area contributed by atoms with E-state index in [9.17, 15) is 13.2 Å². The van der Waals surface area contributed by atoms with Gasteiger partial charge in [0.25, 0.3) is 10.0 Å². The molecular weight excluding hydrogens is 268 g/mol. The molecule has 0 aromatic heterocycles. The number of aryl methyl sites for hydroxylation is 1. The van der Waals surface area contributed by atoms with Gasteiger partial charge >= 0.3 is 0 Å². The highest BCUT2D eigenvalue weighted by molar-refractivity contribution is 7.89. The number of amides is 1. The lowest BCUT2D eigenvalue weighted by Gasteiger charge is -2.07. The minimum absolute atomic E-state index is 0.0696. The zero-order valence-electron chi connectivity index (χ0n) is 8.94. The van der Waals surface area contributed by atoms with Crippen molar-refractivity contribution >= 4 is 27.5 Å². The second kappa shape index (κ2) is 5.46. The van der Waals surface area contributed by atoms with Crippen LogP contribution in [-0.2, 0) is 19.7 Å². The van der Waals surface area contributed by atoms with Gasteiger partial charge in [0.05, 0.1) is 5.02 Å². The first kappa shape index (κ1) is 13.9. The molecule has 1 rings (SSSR count). The predicted octanol–water partition coefficient (Wildman–Crippen LogP) is 0.344. The molecule has 0 heterocycles. The Morgan fingerprint density at radius 1 is 1.53 bits per heavy atom. The molecule has 0 spiro atoms. The van der Waals surface area contributed by atoms with Crippen LogP contribution in [-0.4, -0.2) is 20.9 Å². The quantitative estimate of drug-likeness (QED) is 0.759. The van der Waals surface area contributed by atoms with Crippen LogP contribution < -0.4 is 10.6 Å². The number of hydrogen-bond donors (Lipinski definition) is 2. The van der Waals surface area contributed by atoms with Crippen LogP contribution in [0.4, 0.5) is 0 Å². The Balaban J connectivity index is 2.86. The number of primary amides is 1. The zero-order chi connectivity index (χ0) is 13.1. The van der Waals surface area contributed by atoms with Crippen LogP contribution in [0.5, 0.6) is 0 Å². The third kappa shape index (κ3) is 3.97. The third-order valence-corrected chi connectivity index (χ3v) is 3.46. The molecule has 0 bridgehead atoms. The molecule has 0 aliphatic rings. The molecule has 0 unspecified atom stereocenters. The average Bonchev–Trinajstić information content (AvgIpc) is 2.15. The lowest BCUT2D eigenvalue weighted by atomic mass is 10.2. The van der Waals surface area contributed by atoms with Gasteiger partial charge in [0, 0.05) is 0 Å². The van der Waals surface area contributed by atoms with Gasteiger partial charge in [-0.15, -0.1) is 0 Å². The maximum atomic E-state index is 11.7. The van der Waals surface area contributed by atoms with Crippen molar-refractivity contribution in [3.05, 3.63) is 28.8 Å². The van der Waals surface area contributed by atoms with Crippen molar-refractivity contribution in [2.24, 2.45) is 5.73 Å². The van der Waals surface area contributed by atoms with Crippen LogP contribution in [0.25, 0.3) is 0 Å². The van der Waals surface area contributed by atoms with Gasteiger partial charge in [-0.05, 0) is 24.6 Å². The van der Waals surface area contributed by atoms with Crippen LogP contribution in [0.2, 0.25) is 5.02 Å². The van der Waals surface area contributed by atoms with Gasteiger partial charge in [-0.1, -0.05) is 22.6 Å². The number of nitrogens with one attached hydrogen (secondary N) is 1. The van der Waals surface area contributed by atoms with Gasteiger partial charge in [0.2, 0.25) is 5.91 Å². The first-order valence-corrected chi connectivity index (χ1v) is 6.37. The fourth-order valence-corrected chi connectivity index (χ4v) is 2.45. The number of carbonyl (C=O) groups is 1. The molecule has 0 aliphatic carbocycles. The maximum Gasteiger partial charge on any atom is 0.263 e. The van der Waals surface area contributed by atoms with Crippen molar-refractivity contribution < 1.29 is 18.0 Å². The lowest BCUT2D eigenvalue weighted by Crippen LogP contribution is -2.29. The summed E-state index contributed by atoms with van der Waals surface area (Å²) in [4.78, 5) is 16.4. The Labute approximate surface area is 104 Å². The van der Waals surface area contributed by atoms with E-state index in [1.165, 1.54) is 12.1 Å². The van der Waals surface area contributed by atoms with Crippen molar-refractivity contribution in [2.45, 2.75) is 11.8 Å². The molecule has 0 fully saturated rings. The number of halogens is 1. The number of rotatable bonds is 5. The molecule has 0 atom stereocenters. The largest absolute Gasteiger partial charge is 0.368 e. The number of nitrogens with two attached hydrogens (primary N) is 1. The van der Waals surface area contributed by atoms with Gasteiger partial charge in [0.15, 0.2) is 0 Å². The van der Waals surface area contributed by atoms with E-state index >= 15 is 0 Å². The van der Waals surface area contributed by atoms with Gasteiger partial charge in [-0.25, -0.2) is 8.42 Å². The number of sulfonamides is 1. The molecule has 1 aromatic carbocycles. The van der Waals surface area contributed by atoms with Crippen molar-refractivity contribution in [2.75, 3.05) is 6.61 Å². The molecule has 1 amide bonds. The Morgan fingerprint density at radius 3 is 2.71 bits per heavy atom. The topological polar surface area (TPSA) is 98.5 Å². The Bertz CT molecular complexity index is 530. The minimum Gasteiger partial charge on any atom is -0.368 e. The normalized spacial score (nSPS) is 11.4. The second-order valence-electron chi connectivity index (χ2n) is 3.28. The molecule has 6 nitrogen and oxygen atoms in total. The molecule has 0 saturated heterocycles. The van der Waals surface area contributed by atoms with E-state index in [2.05, 4.69) is 4.84 Å². The molecule has 3 N–H and O–H groups in total. The van der Waals surface area contributed by atoms with Crippen LogP contribution in [0, 0.1) is 6.92 Å². The SMILES string of the molecule is Cc1ccc(S(=O)(=O)NOCC(N)=O)c(Cl)c1. The highest BCUT2D eigenvalue weighted by atomic mass is 35.5. The van der Waals surface area contributed by atoms with Gasteiger partial charge < -0.3 is 5.73 Å². The van der Waals surface area contributed by atoms with Gasteiger partial charge in [-0.3, -0.25) is 9.63 Å². The minimum atomic E-state index is -3.92. The fourth-order valence-electron chi connectivity index (χ4n) is 1.05. The van der Waals surface area contributed by atoms with Gasteiger partial charge in [-0.2, -0.15) is 0 Å². The predicted molar refractivity (Wildman–Crippen MR) is 61.7 cm³/mol.